The summed E-state index contributed by atoms with van der Waals surface area (Å²) in [6.45, 7) is 0. The first-order valence-electron chi connectivity index (χ1n) is 5.05. The lowest BCUT2D eigenvalue weighted by Gasteiger charge is -2.07. The summed E-state index contributed by atoms with van der Waals surface area (Å²) in [7, 11) is 0. The summed E-state index contributed by atoms with van der Waals surface area (Å²) < 4.78 is 39.5. The lowest BCUT2D eigenvalue weighted by molar-refractivity contribution is 0.102. The van der Waals surface area contributed by atoms with Gasteiger partial charge in [0.2, 0.25) is 5.95 Å². The zero-order valence-electron chi connectivity index (χ0n) is 9.25. The van der Waals surface area contributed by atoms with Crippen molar-refractivity contribution in [2.24, 2.45) is 0 Å². The van der Waals surface area contributed by atoms with Gasteiger partial charge in [0.1, 0.15) is 5.82 Å². The molecule has 1 aromatic heterocycles. The Labute approximate surface area is 111 Å². The van der Waals surface area contributed by atoms with Gasteiger partial charge >= 0.3 is 0 Å². The smallest absolute Gasteiger partial charge is 0.258 e. The Balaban J connectivity index is 2.31. The van der Waals surface area contributed by atoms with Gasteiger partial charge in [-0.25, -0.2) is 13.8 Å². The molecule has 0 unspecified atom stereocenters. The first-order chi connectivity index (χ1) is 8.99. The molecule has 0 saturated heterocycles. The number of nitrogens with one attached hydrogen (secondary N) is 1. The second kappa shape index (κ2) is 5.27. The van der Waals surface area contributed by atoms with Crippen LogP contribution in [-0.2, 0) is 0 Å². The van der Waals surface area contributed by atoms with Crippen LogP contribution < -0.4 is 5.32 Å². The van der Waals surface area contributed by atoms with Crippen molar-refractivity contribution < 1.29 is 18.0 Å². The molecule has 0 aliphatic heterocycles. The van der Waals surface area contributed by atoms with Gasteiger partial charge in [0.05, 0.1) is 11.3 Å². The molecule has 19 heavy (non-hydrogen) atoms. The number of halogens is 4. The monoisotopic (exact) mass is 286 g/mol. The fraction of sp³-hybridized carbons (Fsp3) is 0. The number of nitrogens with zero attached hydrogens (tertiary/aromatic N) is 1. The van der Waals surface area contributed by atoms with E-state index in [1.54, 1.807) is 0 Å². The van der Waals surface area contributed by atoms with Crippen LogP contribution in [0.2, 0.25) is 5.02 Å². The highest BCUT2D eigenvalue weighted by molar-refractivity contribution is 6.31. The molecule has 0 fully saturated rings. The molecule has 2 rings (SSSR count). The fourth-order valence-electron chi connectivity index (χ4n) is 1.38. The third-order valence-corrected chi connectivity index (χ3v) is 2.50. The normalized spacial score (nSPS) is 10.3. The molecular weight excluding hydrogens is 281 g/mol. The number of hydrogen-bond acceptors (Lipinski definition) is 2. The lowest BCUT2D eigenvalue weighted by Crippen LogP contribution is -2.16. The predicted molar refractivity (Wildman–Crippen MR) is 63.5 cm³/mol. The van der Waals surface area contributed by atoms with Crippen LogP contribution in [0.15, 0.2) is 30.5 Å². The number of pyridine rings is 1. The van der Waals surface area contributed by atoms with Crippen molar-refractivity contribution in [1.82, 2.24) is 4.98 Å². The van der Waals surface area contributed by atoms with Gasteiger partial charge in [-0.2, -0.15) is 4.39 Å². The van der Waals surface area contributed by atoms with Crippen LogP contribution in [0.1, 0.15) is 10.4 Å². The van der Waals surface area contributed by atoms with E-state index in [1.807, 2.05) is 0 Å². The van der Waals surface area contributed by atoms with Crippen molar-refractivity contribution >= 4 is 23.2 Å². The zero-order chi connectivity index (χ0) is 14.0. The lowest BCUT2D eigenvalue weighted by atomic mass is 10.2. The summed E-state index contributed by atoms with van der Waals surface area (Å²) >= 11 is 5.64. The second-order valence-corrected chi connectivity index (χ2v) is 3.98. The van der Waals surface area contributed by atoms with Crippen molar-refractivity contribution in [3.8, 4) is 0 Å². The van der Waals surface area contributed by atoms with Crippen LogP contribution in [0.4, 0.5) is 18.9 Å². The molecule has 0 atom stereocenters. The van der Waals surface area contributed by atoms with Crippen LogP contribution in [-0.4, -0.2) is 10.9 Å². The number of carbonyl (C=O) groups is 1. The molecule has 0 bridgehead atoms. The van der Waals surface area contributed by atoms with Crippen molar-refractivity contribution in [3.63, 3.8) is 0 Å². The molecule has 0 spiro atoms. The van der Waals surface area contributed by atoms with Crippen molar-refractivity contribution in [3.05, 3.63) is 58.6 Å². The minimum atomic E-state index is -1.40. The highest BCUT2D eigenvalue weighted by atomic mass is 35.5. The number of rotatable bonds is 2. The van der Waals surface area contributed by atoms with Crippen LogP contribution in [0, 0.1) is 17.6 Å². The van der Waals surface area contributed by atoms with Gasteiger partial charge in [0, 0.05) is 11.2 Å². The minimum absolute atomic E-state index is 0.193. The number of amides is 1. The SMILES string of the molecule is O=C(Nc1cc(Cl)ccc1F)c1ccnc(F)c1F. The predicted octanol–water partition coefficient (Wildman–Crippen LogP) is 3.40. The Hall–Kier alpha value is -2.08. The molecule has 3 nitrogen and oxygen atoms in total. The molecule has 0 aliphatic rings. The van der Waals surface area contributed by atoms with E-state index in [0.29, 0.717) is 0 Å². The maximum Gasteiger partial charge on any atom is 0.258 e. The number of benzene rings is 1. The number of hydrogen-bond donors (Lipinski definition) is 1. The fourth-order valence-corrected chi connectivity index (χ4v) is 1.55. The Morgan fingerprint density at radius 1 is 1.21 bits per heavy atom. The van der Waals surface area contributed by atoms with Crippen LogP contribution in [0.5, 0.6) is 0 Å². The number of aromatic nitrogens is 1. The molecule has 1 heterocycles. The Bertz CT molecular complexity index is 649. The van der Waals surface area contributed by atoms with Crippen molar-refractivity contribution in [2.45, 2.75) is 0 Å². The summed E-state index contributed by atoms with van der Waals surface area (Å²) in [6.07, 6.45) is 0.932. The number of anilines is 1. The summed E-state index contributed by atoms with van der Waals surface area (Å²) in [6, 6.07) is 4.47. The van der Waals surface area contributed by atoms with E-state index in [4.69, 9.17) is 11.6 Å². The third-order valence-electron chi connectivity index (χ3n) is 2.27. The van der Waals surface area contributed by atoms with E-state index < -0.39 is 29.1 Å². The Kier molecular flexibility index (Phi) is 3.71. The van der Waals surface area contributed by atoms with E-state index >= 15 is 0 Å². The maximum atomic E-state index is 13.4. The van der Waals surface area contributed by atoms with Gasteiger partial charge < -0.3 is 5.32 Å². The Morgan fingerprint density at radius 3 is 2.68 bits per heavy atom. The van der Waals surface area contributed by atoms with E-state index in [2.05, 4.69) is 10.3 Å². The molecule has 1 aromatic carbocycles. The van der Waals surface area contributed by atoms with E-state index in [1.165, 1.54) is 6.07 Å². The molecule has 0 saturated carbocycles. The molecule has 1 amide bonds. The third kappa shape index (κ3) is 2.85. The minimum Gasteiger partial charge on any atom is -0.319 e. The number of carbonyl (C=O) groups excluding carboxylic acids is 1. The van der Waals surface area contributed by atoms with Gasteiger partial charge in [-0.15, -0.1) is 0 Å². The average molecular weight is 287 g/mol. The summed E-state index contributed by atoms with van der Waals surface area (Å²) in [5.74, 6) is -4.55. The van der Waals surface area contributed by atoms with E-state index in [0.717, 1.165) is 24.4 Å². The first-order valence-corrected chi connectivity index (χ1v) is 5.43. The van der Waals surface area contributed by atoms with Crippen molar-refractivity contribution in [2.75, 3.05) is 5.32 Å². The van der Waals surface area contributed by atoms with Gasteiger partial charge in [-0.1, -0.05) is 11.6 Å². The van der Waals surface area contributed by atoms with E-state index in [-0.39, 0.29) is 10.7 Å². The van der Waals surface area contributed by atoms with Gasteiger partial charge in [0.15, 0.2) is 5.82 Å². The van der Waals surface area contributed by atoms with E-state index in [9.17, 15) is 18.0 Å². The van der Waals surface area contributed by atoms with Crippen LogP contribution in [0.25, 0.3) is 0 Å². The van der Waals surface area contributed by atoms with Gasteiger partial charge in [-0.3, -0.25) is 4.79 Å². The molecule has 0 radical (unpaired) electrons. The highest BCUT2D eigenvalue weighted by Crippen LogP contribution is 2.20. The standard InChI is InChI=1S/C12H6ClF3N2O/c13-6-1-2-8(14)9(5-6)18-12(19)7-3-4-17-11(16)10(7)15/h1-5H,(H,18,19). The molecule has 1 N–H and O–H groups in total. The largest absolute Gasteiger partial charge is 0.319 e. The second-order valence-electron chi connectivity index (χ2n) is 3.54. The molecule has 7 heteroatoms. The van der Waals surface area contributed by atoms with Crippen LogP contribution in [0.3, 0.4) is 0 Å². The topological polar surface area (TPSA) is 42.0 Å². The molecule has 0 aliphatic carbocycles. The highest BCUT2D eigenvalue weighted by Gasteiger charge is 2.17. The maximum absolute atomic E-state index is 13.4. The molecule has 2 aromatic rings. The Morgan fingerprint density at radius 2 is 1.95 bits per heavy atom. The molecular formula is C12H6ClF3N2O. The summed E-state index contributed by atoms with van der Waals surface area (Å²) in [5.41, 5.74) is -0.805. The first kappa shape index (κ1) is 13.4. The summed E-state index contributed by atoms with van der Waals surface area (Å²) in [4.78, 5) is 14.7. The average Bonchev–Trinajstić information content (AvgIpc) is 2.37. The summed E-state index contributed by atoms with van der Waals surface area (Å²) in [5, 5.41) is 2.30. The zero-order valence-corrected chi connectivity index (χ0v) is 10.0. The van der Waals surface area contributed by atoms with Crippen molar-refractivity contribution in [1.29, 1.82) is 0 Å². The van der Waals surface area contributed by atoms with Gasteiger partial charge in [-0.05, 0) is 24.3 Å². The van der Waals surface area contributed by atoms with Gasteiger partial charge in [0.25, 0.3) is 5.91 Å². The van der Waals surface area contributed by atoms with Crippen LogP contribution >= 0.6 is 11.6 Å². The molecule has 98 valence electrons. The quantitative estimate of drug-likeness (QED) is 0.860.